The van der Waals surface area contributed by atoms with Crippen LogP contribution in [-0.2, 0) is 0 Å². The Morgan fingerprint density at radius 1 is 0.483 bits per heavy atom. The summed E-state index contributed by atoms with van der Waals surface area (Å²) >= 11 is 0. The third kappa shape index (κ3) is 7.34. The average molecular weight is 750 g/mol. The van der Waals surface area contributed by atoms with Crippen LogP contribution in [0.4, 0.5) is 28.4 Å². The second-order valence-corrected chi connectivity index (χ2v) is 14.1. The second kappa shape index (κ2) is 17.2. The van der Waals surface area contributed by atoms with Gasteiger partial charge in [-0.1, -0.05) is 133 Å². The molecular weight excluding hydrogens is 703 g/mol. The first kappa shape index (κ1) is 37.6. The maximum atomic E-state index is 3.36. The Bertz CT molecular complexity index is 2860. The summed E-state index contributed by atoms with van der Waals surface area (Å²) in [4.78, 5) is 4.70. The maximum absolute atomic E-state index is 3.36. The van der Waals surface area contributed by atoms with Gasteiger partial charge in [0, 0.05) is 50.3 Å². The molecule has 282 valence electrons. The standard InChI is InChI=1S/C52H41N3.C3H6/c1-3-16-41(4-2)53(46-35-36-52-49(37-46)48-24-13-14-25-51(48)55(52)43-21-9-6-10-22-43)44-31-27-38(28-32-44)39-29-33-45(34-30-39)54(42-19-7-5-8-20-42)50-26-15-18-40-17-11-12-23-47(40)50;1-3-2/h3-37H,1-2H3;3H,1H2,2H3/b16-3-,41-4+;. The molecule has 0 aliphatic carbocycles. The largest absolute Gasteiger partial charge is 0.311 e. The molecule has 0 radical (unpaired) electrons. The van der Waals surface area contributed by atoms with Crippen LogP contribution >= 0.6 is 0 Å². The van der Waals surface area contributed by atoms with Gasteiger partial charge in [-0.2, -0.15) is 0 Å². The SMILES string of the molecule is C/C=C\C(=C/C)N(c1ccc(-c2ccc(N(c3ccccc3)c3cccc4ccccc34)cc2)cc1)c1ccc2c(c1)c1ccccc1n2-c1ccccc1.C=CC. The molecular formula is C55H47N3. The highest BCUT2D eigenvalue weighted by Crippen LogP contribution is 2.41. The van der Waals surface area contributed by atoms with Crippen LogP contribution in [0.2, 0.25) is 0 Å². The van der Waals surface area contributed by atoms with Crippen molar-refractivity contribution >= 4 is 61.0 Å². The maximum Gasteiger partial charge on any atom is 0.0542 e. The number of nitrogens with zero attached hydrogens (tertiary/aromatic N) is 3. The van der Waals surface area contributed by atoms with E-state index in [0.29, 0.717) is 0 Å². The van der Waals surface area contributed by atoms with E-state index in [2.05, 4.69) is 247 Å². The van der Waals surface area contributed by atoms with Crippen molar-refractivity contribution in [2.45, 2.75) is 20.8 Å². The molecule has 0 spiro atoms. The molecule has 0 amide bonds. The lowest BCUT2D eigenvalue weighted by molar-refractivity contribution is 1.17. The van der Waals surface area contributed by atoms with Crippen molar-refractivity contribution in [1.29, 1.82) is 0 Å². The van der Waals surface area contributed by atoms with Gasteiger partial charge < -0.3 is 14.4 Å². The minimum atomic E-state index is 1.10. The van der Waals surface area contributed by atoms with Gasteiger partial charge in [0.15, 0.2) is 0 Å². The number of para-hydroxylation sites is 3. The highest BCUT2D eigenvalue weighted by atomic mass is 15.2. The quantitative estimate of drug-likeness (QED) is 0.108. The molecule has 9 aromatic rings. The Labute approximate surface area is 342 Å². The van der Waals surface area contributed by atoms with Crippen LogP contribution in [0.5, 0.6) is 0 Å². The number of anilines is 5. The number of hydrogen-bond acceptors (Lipinski definition) is 2. The Morgan fingerprint density at radius 3 is 1.69 bits per heavy atom. The minimum absolute atomic E-state index is 1.10. The normalized spacial score (nSPS) is 11.5. The van der Waals surface area contributed by atoms with Crippen molar-refractivity contribution in [3.63, 3.8) is 0 Å². The van der Waals surface area contributed by atoms with E-state index in [0.717, 1.165) is 39.8 Å². The summed E-state index contributed by atoms with van der Waals surface area (Å²) < 4.78 is 2.36. The fourth-order valence-corrected chi connectivity index (χ4v) is 7.89. The van der Waals surface area contributed by atoms with E-state index in [1.54, 1.807) is 6.08 Å². The van der Waals surface area contributed by atoms with Crippen molar-refractivity contribution < 1.29 is 0 Å². The van der Waals surface area contributed by atoms with Gasteiger partial charge in [0.2, 0.25) is 0 Å². The summed E-state index contributed by atoms with van der Waals surface area (Å²) in [6.07, 6.45) is 8.21. The molecule has 9 rings (SSSR count). The van der Waals surface area contributed by atoms with Gasteiger partial charge in [-0.15, -0.1) is 6.58 Å². The molecule has 1 heterocycles. The lowest BCUT2D eigenvalue weighted by Gasteiger charge is -2.27. The van der Waals surface area contributed by atoms with Gasteiger partial charge in [-0.05, 0) is 122 Å². The Kier molecular flexibility index (Phi) is 11.1. The van der Waals surface area contributed by atoms with Crippen molar-refractivity contribution in [2.24, 2.45) is 0 Å². The van der Waals surface area contributed by atoms with Crippen molar-refractivity contribution in [1.82, 2.24) is 4.57 Å². The molecule has 3 heteroatoms. The van der Waals surface area contributed by atoms with Crippen molar-refractivity contribution in [3.8, 4) is 16.8 Å². The molecule has 0 N–H and O–H groups in total. The number of allylic oxidation sites excluding steroid dienone is 4. The molecule has 0 saturated heterocycles. The molecule has 58 heavy (non-hydrogen) atoms. The summed E-state index contributed by atoms with van der Waals surface area (Å²) in [6, 6.07) is 69.8. The number of benzene rings is 8. The predicted molar refractivity (Wildman–Crippen MR) is 251 cm³/mol. The van der Waals surface area contributed by atoms with E-state index < -0.39 is 0 Å². The smallest absolute Gasteiger partial charge is 0.0542 e. The first-order valence-corrected chi connectivity index (χ1v) is 19.9. The summed E-state index contributed by atoms with van der Waals surface area (Å²) in [5.41, 5.74) is 12.6. The minimum Gasteiger partial charge on any atom is -0.311 e. The number of fused-ring (bicyclic) bond motifs is 4. The lowest BCUT2D eigenvalue weighted by Crippen LogP contribution is -2.15. The average Bonchev–Trinajstić information content (AvgIpc) is 3.61. The highest BCUT2D eigenvalue weighted by Gasteiger charge is 2.19. The number of rotatable bonds is 9. The molecule has 1 aromatic heterocycles. The van der Waals surface area contributed by atoms with Crippen molar-refractivity contribution in [3.05, 3.63) is 231 Å². The molecule has 8 aromatic carbocycles. The zero-order valence-corrected chi connectivity index (χ0v) is 33.3. The van der Waals surface area contributed by atoms with Gasteiger partial charge in [0.05, 0.1) is 16.7 Å². The van der Waals surface area contributed by atoms with Gasteiger partial charge in [0.1, 0.15) is 0 Å². The summed E-state index contributed by atoms with van der Waals surface area (Å²) in [6.45, 7) is 9.43. The summed E-state index contributed by atoms with van der Waals surface area (Å²) in [5.74, 6) is 0. The monoisotopic (exact) mass is 749 g/mol. The fourth-order valence-electron chi connectivity index (χ4n) is 7.89. The van der Waals surface area contributed by atoms with Gasteiger partial charge >= 0.3 is 0 Å². The first-order chi connectivity index (χ1) is 28.6. The first-order valence-electron chi connectivity index (χ1n) is 19.9. The van der Waals surface area contributed by atoms with Crippen LogP contribution in [0.3, 0.4) is 0 Å². The van der Waals surface area contributed by atoms with Crippen LogP contribution in [0.15, 0.2) is 231 Å². The van der Waals surface area contributed by atoms with E-state index in [1.807, 2.05) is 6.92 Å². The van der Waals surface area contributed by atoms with Crippen LogP contribution in [-0.4, -0.2) is 4.57 Å². The lowest BCUT2D eigenvalue weighted by atomic mass is 10.0. The Morgan fingerprint density at radius 2 is 1.02 bits per heavy atom. The van der Waals surface area contributed by atoms with Gasteiger partial charge in [0.25, 0.3) is 0 Å². The van der Waals surface area contributed by atoms with E-state index in [9.17, 15) is 0 Å². The van der Waals surface area contributed by atoms with Gasteiger partial charge in [-0.25, -0.2) is 0 Å². The van der Waals surface area contributed by atoms with Crippen LogP contribution < -0.4 is 9.80 Å². The second-order valence-electron chi connectivity index (χ2n) is 14.1. The molecule has 0 unspecified atom stereocenters. The highest BCUT2D eigenvalue weighted by molar-refractivity contribution is 6.10. The topological polar surface area (TPSA) is 11.4 Å². The van der Waals surface area contributed by atoms with Crippen LogP contribution in [0.25, 0.3) is 49.4 Å². The van der Waals surface area contributed by atoms with Gasteiger partial charge in [-0.3, -0.25) is 0 Å². The molecule has 0 fully saturated rings. The van der Waals surface area contributed by atoms with Crippen LogP contribution in [0.1, 0.15) is 20.8 Å². The number of aromatic nitrogens is 1. The summed E-state index contributed by atoms with van der Waals surface area (Å²) in [7, 11) is 0. The molecule has 3 nitrogen and oxygen atoms in total. The van der Waals surface area contributed by atoms with Crippen molar-refractivity contribution in [2.75, 3.05) is 9.80 Å². The van der Waals surface area contributed by atoms with E-state index in [1.165, 1.54) is 43.7 Å². The molecule has 0 saturated carbocycles. The van der Waals surface area contributed by atoms with Crippen LogP contribution in [0, 0.1) is 0 Å². The molecule has 0 bridgehead atoms. The van der Waals surface area contributed by atoms with E-state index in [4.69, 9.17) is 0 Å². The Hall–Kier alpha value is -7.36. The zero-order chi connectivity index (χ0) is 39.8. The summed E-state index contributed by atoms with van der Waals surface area (Å²) in [5, 5.41) is 4.91. The molecule has 0 atom stereocenters. The van der Waals surface area contributed by atoms with E-state index >= 15 is 0 Å². The zero-order valence-electron chi connectivity index (χ0n) is 33.3. The van der Waals surface area contributed by atoms with E-state index in [-0.39, 0.29) is 0 Å². The molecule has 0 aliphatic rings. The third-order valence-electron chi connectivity index (χ3n) is 10.4. The third-order valence-corrected chi connectivity index (χ3v) is 10.4. The Balaban J connectivity index is 0.00000152. The predicted octanol–water partition coefficient (Wildman–Crippen LogP) is 15.9. The number of hydrogen-bond donors (Lipinski definition) is 0. The molecule has 0 aliphatic heterocycles. The fraction of sp³-hybridized carbons (Fsp3) is 0.0545.